The Bertz CT molecular complexity index is 462. The molecule has 1 N–H and O–H groups in total. The van der Waals surface area contributed by atoms with Crippen LogP contribution in [-0.4, -0.2) is 18.2 Å². The smallest absolute Gasteiger partial charge is 0.125 e. The normalized spacial score (nSPS) is 11.1. The van der Waals surface area contributed by atoms with Gasteiger partial charge in [-0.05, 0) is 56.1 Å². The summed E-state index contributed by atoms with van der Waals surface area (Å²) in [6.45, 7) is 1.99. The van der Waals surface area contributed by atoms with E-state index in [2.05, 4.69) is 9.88 Å². The average molecular weight is 220 g/mol. The van der Waals surface area contributed by atoms with Gasteiger partial charge >= 0.3 is 0 Å². The maximum atomic E-state index is 13.1. The summed E-state index contributed by atoms with van der Waals surface area (Å²) < 4.78 is 15.2. The van der Waals surface area contributed by atoms with E-state index < -0.39 is 0 Å². The molecule has 0 unspecified atom stereocenters. The van der Waals surface area contributed by atoms with Crippen LogP contribution in [0.15, 0.2) is 30.5 Å². The van der Waals surface area contributed by atoms with Crippen LogP contribution in [0.2, 0.25) is 0 Å². The van der Waals surface area contributed by atoms with Crippen molar-refractivity contribution in [3.8, 4) is 0 Å². The van der Waals surface area contributed by atoms with E-state index in [-0.39, 0.29) is 5.82 Å². The quantitative estimate of drug-likeness (QED) is 0.767. The van der Waals surface area contributed by atoms with Crippen molar-refractivity contribution in [1.29, 1.82) is 0 Å². The van der Waals surface area contributed by atoms with Crippen LogP contribution in [0.1, 0.15) is 12.8 Å². The van der Waals surface area contributed by atoms with Crippen molar-refractivity contribution in [2.75, 3.05) is 13.6 Å². The Labute approximate surface area is 95.1 Å². The first-order valence-electron chi connectivity index (χ1n) is 5.70. The van der Waals surface area contributed by atoms with Gasteiger partial charge in [0, 0.05) is 12.7 Å². The van der Waals surface area contributed by atoms with E-state index >= 15 is 0 Å². The van der Waals surface area contributed by atoms with Crippen molar-refractivity contribution in [2.45, 2.75) is 19.4 Å². The number of fused-ring (bicyclic) bond motifs is 1. The number of rotatable bonds is 5. The summed E-state index contributed by atoms with van der Waals surface area (Å²) in [6, 6.07) is 6.97. The van der Waals surface area contributed by atoms with Gasteiger partial charge in [-0.1, -0.05) is 0 Å². The number of aromatic nitrogens is 1. The van der Waals surface area contributed by atoms with Crippen LogP contribution >= 0.6 is 0 Å². The van der Waals surface area contributed by atoms with Crippen LogP contribution < -0.4 is 5.32 Å². The first-order chi connectivity index (χ1) is 7.81. The highest BCUT2D eigenvalue weighted by molar-refractivity contribution is 5.80. The lowest BCUT2D eigenvalue weighted by Crippen LogP contribution is -2.08. The van der Waals surface area contributed by atoms with Gasteiger partial charge in [0.1, 0.15) is 5.82 Å². The number of nitrogens with one attached hydrogen (secondary N) is 1. The number of hydrogen-bond donors (Lipinski definition) is 1. The van der Waals surface area contributed by atoms with Gasteiger partial charge in [0.25, 0.3) is 0 Å². The van der Waals surface area contributed by atoms with Crippen molar-refractivity contribution in [3.05, 3.63) is 36.3 Å². The molecular formula is C13H17FN2. The van der Waals surface area contributed by atoms with Gasteiger partial charge in [0.05, 0.1) is 5.52 Å². The minimum absolute atomic E-state index is 0.164. The Morgan fingerprint density at radius 1 is 1.25 bits per heavy atom. The Morgan fingerprint density at radius 2 is 2.12 bits per heavy atom. The van der Waals surface area contributed by atoms with Gasteiger partial charge in [0.2, 0.25) is 0 Å². The third-order valence-electron chi connectivity index (χ3n) is 2.81. The van der Waals surface area contributed by atoms with Crippen molar-refractivity contribution >= 4 is 10.9 Å². The fraction of sp³-hybridized carbons (Fsp3) is 0.385. The fourth-order valence-electron chi connectivity index (χ4n) is 1.94. The lowest BCUT2D eigenvalue weighted by Gasteiger charge is -2.05. The summed E-state index contributed by atoms with van der Waals surface area (Å²) in [7, 11) is 1.96. The minimum Gasteiger partial charge on any atom is -0.347 e. The predicted molar refractivity (Wildman–Crippen MR) is 65.1 cm³/mol. The Kier molecular flexibility index (Phi) is 3.57. The van der Waals surface area contributed by atoms with Gasteiger partial charge in [-0.3, -0.25) is 0 Å². The highest BCUT2D eigenvalue weighted by Gasteiger charge is 2.01. The van der Waals surface area contributed by atoms with Crippen LogP contribution in [0.3, 0.4) is 0 Å². The largest absolute Gasteiger partial charge is 0.347 e. The summed E-state index contributed by atoms with van der Waals surface area (Å²) in [5.74, 6) is -0.164. The molecule has 0 atom stereocenters. The highest BCUT2D eigenvalue weighted by Crippen LogP contribution is 2.17. The Balaban J connectivity index is 2.09. The molecule has 0 bridgehead atoms. The second kappa shape index (κ2) is 5.12. The summed E-state index contributed by atoms with van der Waals surface area (Å²) in [4.78, 5) is 0. The molecule has 0 fully saturated rings. The number of halogens is 1. The molecule has 0 aliphatic rings. The first-order valence-corrected chi connectivity index (χ1v) is 5.70. The summed E-state index contributed by atoms with van der Waals surface area (Å²) in [5, 5.41) is 4.23. The van der Waals surface area contributed by atoms with Gasteiger partial charge in [-0.15, -0.1) is 0 Å². The number of unbranched alkanes of at least 4 members (excludes halogenated alkanes) is 1. The lowest BCUT2D eigenvalue weighted by atomic mass is 10.2. The lowest BCUT2D eigenvalue weighted by molar-refractivity contribution is 0.599. The van der Waals surface area contributed by atoms with Gasteiger partial charge in [0.15, 0.2) is 0 Å². The van der Waals surface area contributed by atoms with Gasteiger partial charge in [-0.25, -0.2) is 4.39 Å². The molecule has 1 aromatic heterocycles. The number of nitrogens with zero attached hydrogens (tertiary/aromatic N) is 1. The minimum atomic E-state index is -0.164. The van der Waals surface area contributed by atoms with E-state index in [1.165, 1.54) is 6.07 Å². The molecule has 1 aromatic carbocycles. The number of benzene rings is 1. The molecular weight excluding hydrogens is 203 g/mol. The molecule has 2 aromatic rings. The molecule has 0 amide bonds. The van der Waals surface area contributed by atoms with Crippen LogP contribution in [0.5, 0.6) is 0 Å². The molecule has 0 saturated heterocycles. The number of hydrogen-bond acceptors (Lipinski definition) is 1. The third-order valence-corrected chi connectivity index (χ3v) is 2.81. The molecule has 0 spiro atoms. The van der Waals surface area contributed by atoms with Crippen molar-refractivity contribution < 1.29 is 4.39 Å². The summed E-state index contributed by atoms with van der Waals surface area (Å²) in [6.07, 6.45) is 4.29. The number of aryl methyl sites for hydroxylation is 1. The topological polar surface area (TPSA) is 17.0 Å². The molecule has 16 heavy (non-hydrogen) atoms. The maximum Gasteiger partial charge on any atom is 0.125 e. The second-order valence-electron chi connectivity index (χ2n) is 4.02. The molecule has 0 aliphatic heterocycles. The summed E-state index contributed by atoms with van der Waals surface area (Å²) in [5.41, 5.74) is 0.990. The Morgan fingerprint density at radius 3 is 2.94 bits per heavy atom. The van der Waals surface area contributed by atoms with Crippen LogP contribution in [0, 0.1) is 5.82 Å². The monoisotopic (exact) mass is 220 g/mol. The highest BCUT2D eigenvalue weighted by atomic mass is 19.1. The molecule has 0 radical (unpaired) electrons. The molecule has 0 aliphatic carbocycles. The van der Waals surface area contributed by atoms with Crippen LogP contribution in [0.25, 0.3) is 10.9 Å². The Hall–Kier alpha value is -1.35. The third kappa shape index (κ3) is 2.42. The zero-order valence-electron chi connectivity index (χ0n) is 9.54. The fourth-order valence-corrected chi connectivity index (χ4v) is 1.94. The molecule has 1 heterocycles. The van der Waals surface area contributed by atoms with Gasteiger partial charge < -0.3 is 9.88 Å². The van der Waals surface area contributed by atoms with Crippen molar-refractivity contribution in [3.63, 3.8) is 0 Å². The standard InChI is InChI=1S/C13H17FN2/c1-15-7-2-3-8-16-9-6-11-4-5-12(14)10-13(11)16/h4-6,9-10,15H,2-3,7-8H2,1H3. The van der Waals surface area contributed by atoms with Crippen molar-refractivity contribution in [1.82, 2.24) is 9.88 Å². The first kappa shape index (κ1) is 11.1. The van der Waals surface area contributed by atoms with Gasteiger partial charge in [-0.2, -0.15) is 0 Å². The van der Waals surface area contributed by atoms with E-state index in [9.17, 15) is 4.39 Å². The summed E-state index contributed by atoms with van der Waals surface area (Å²) >= 11 is 0. The second-order valence-corrected chi connectivity index (χ2v) is 4.02. The molecule has 2 rings (SSSR count). The van der Waals surface area contributed by atoms with Crippen LogP contribution in [-0.2, 0) is 6.54 Å². The SMILES string of the molecule is CNCCCCn1ccc2ccc(F)cc21. The average Bonchev–Trinajstić information content (AvgIpc) is 2.67. The predicted octanol–water partition coefficient (Wildman–Crippen LogP) is 2.78. The molecule has 86 valence electrons. The molecule has 3 heteroatoms. The van der Waals surface area contributed by atoms with Crippen molar-refractivity contribution in [2.24, 2.45) is 0 Å². The molecule has 2 nitrogen and oxygen atoms in total. The maximum absolute atomic E-state index is 13.1. The zero-order valence-corrected chi connectivity index (χ0v) is 9.54. The van der Waals surface area contributed by atoms with E-state index in [0.717, 1.165) is 36.8 Å². The zero-order chi connectivity index (χ0) is 11.4. The van der Waals surface area contributed by atoms with E-state index in [4.69, 9.17) is 0 Å². The van der Waals surface area contributed by atoms with E-state index in [1.54, 1.807) is 6.07 Å². The van der Waals surface area contributed by atoms with Crippen LogP contribution in [0.4, 0.5) is 4.39 Å². The molecule has 0 saturated carbocycles. The van der Waals surface area contributed by atoms with E-state index in [1.807, 2.05) is 25.4 Å². The van der Waals surface area contributed by atoms with E-state index in [0.29, 0.717) is 0 Å².